The number of carbonyl (C=O) groups is 1. The minimum atomic E-state index is -1.30. The van der Waals surface area contributed by atoms with Crippen molar-refractivity contribution in [3.63, 3.8) is 0 Å². The van der Waals surface area contributed by atoms with Gasteiger partial charge < -0.3 is 24.1 Å². The van der Waals surface area contributed by atoms with Crippen LogP contribution in [0.3, 0.4) is 0 Å². The summed E-state index contributed by atoms with van der Waals surface area (Å²) < 4.78 is 15.0. The van der Waals surface area contributed by atoms with E-state index in [0.29, 0.717) is 5.75 Å². The van der Waals surface area contributed by atoms with Crippen molar-refractivity contribution >= 4 is 5.97 Å². The van der Waals surface area contributed by atoms with Gasteiger partial charge in [0, 0.05) is 13.0 Å². The number of carboxylic acid groups (broad SMARTS) is 1. The average Bonchev–Trinajstić information content (AvgIpc) is 2.26. The normalized spacial score (nSPS) is 8.94. The topological polar surface area (TPSA) is 67.8 Å². The maximum absolute atomic E-state index is 10.7. The van der Waals surface area contributed by atoms with Crippen LogP contribution in [0.4, 0.5) is 0 Å². The number of methoxy groups -OCH3 is 3. The first-order valence-corrected chi connectivity index (χ1v) is 4.15. The fourth-order valence-electron chi connectivity index (χ4n) is 1.20. The highest BCUT2D eigenvalue weighted by atomic mass is 16.5. The number of benzene rings is 1. The van der Waals surface area contributed by atoms with E-state index in [1.54, 1.807) is 0 Å². The molecule has 5 heteroatoms. The predicted octanol–water partition coefficient (Wildman–Crippen LogP) is 0.526. The van der Waals surface area contributed by atoms with Crippen molar-refractivity contribution in [1.82, 2.24) is 0 Å². The number of carboxylic acids is 1. The second kappa shape index (κ2) is 5.75. The van der Waals surface area contributed by atoms with Crippen LogP contribution in [-0.2, 0) is 0 Å². The Bertz CT molecular complexity index is 348. The Kier molecular flexibility index (Phi) is 5.01. The van der Waals surface area contributed by atoms with Crippen LogP contribution in [0, 0.1) is 7.43 Å². The van der Waals surface area contributed by atoms with Crippen LogP contribution in [-0.4, -0.2) is 27.3 Å². The highest BCUT2D eigenvalue weighted by Crippen LogP contribution is 2.37. The summed E-state index contributed by atoms with van der Waals surface area (Å²) in [4.78, 5) is 10.7. The number of ether oxygens (including phenoxy) is 3. The van der Waals surface area contributed by atoms with Crippen molar-refractivity contribution < 1.29 is 24.1 Å². The lowest BCUT2D eigenvalue weighted by Crippen LogP contribution is -2.22. The van der Waals surface area contributed by atoms with Crippen molar-refractivity contribution in [3.05, 3.63) is 25.1 Å². The monoisotopic (exact) mass is 226 g/mol. The molecular formula is C11H14O5. The van der Waals surface area contributed by atoms with Gasteiger partial charge in [-0.2, -0.15) is 0 Å². The molecule has 0 atom stereocenters. The van der Waals surface area contributed by atoms with E-state index < -0.39 is 5.97 Å². The van der Waals surface area contributed by atoms with Crippen LogP contribution in [0.5, 0.6) is 17.2 Å². The molecule has 0 aliphatic rings. The molecule has 5 nitrogen and oxygen atoms in total. The Hall–Kier alpha value is -2.04. The van der Waals surface area contributed by atoms with Gasteiger partial charge in [-0.05, 0) is 12.1 Å². The van der Waals surface area contributed by atoms with Gasteiger partial charge in [-0.25, -0.2) is 0 Å². The van der Waals surface area contributed by atoms with Crippen LogP contribution in [0.1, 0.15) is 10.4 Å². The van der Waals surface area contributed by atoms with Crippen molar-refractivity contribution in [2.45, 2.75) is 0 Å². The Morgan fingerprint density at radius 3 is 1.75 bits per heavy atom. The van der Waals surface area contributed by atoms with Crippen LogP contribution in [0.25, 0.3) is 0 Å². The highest BCUT2D eigenvalue weighted by Gasteiger charge is 2.13. The zero-order chi connectivity index (χ0) is 11.4. The Balaban J connectivity index is 0.00000225. The van der Waals surface area contributed by atoms with Crippen molar-refractivity contribution in [1.29, 1.82) is 0 Å². The zero-order valence-corrected chi connectivity index (χ0v) is 9.70. The van der Waals surface area contributed by atoms with E-state index in [1.807, 2.05) is 0 Å². The Morgan fingerprint density at radius 1 is 1.06 bits per heavy atom. The summed E-state index contributed by atoms with van der Waals surface area (Å²) in [5, 5.41) is 10.7. The molecule has 0 aliphatic heterocycles. The number of carbonyl (C=O) groups excluding carboxylic acids is 1. The molecule has 1 aromatic rings. The summed E-state index contributed by atoms with van der Waals surface area (Å²) >= 11 is 0. The molecule has 0 saturated carbocycles. The highest BCUT2D eigenvalue weighted by molar-refractivity contribution is 5.87. The fraction of sp³-hybridized carbons (Fsp3) is 0.273. The first-order valence-electron chi connectivity index (χ1n) is 4.15. The smallest absolute Gasteiger partial charge is 0.203 e. The summed E-state index contributed by atoms with van der Waals surface area (Å²) in [5.74, 6) is -0.369. The van der Waals surface area contributed by atoms with Gasteiger partial charge in [-0.15, -0.1) is 0 Å². The molecule has 88 valence electrons. The van der Waals surface area contributed by atoms with Gasteiger partial charge in [-0.3, -0.25) is 0 Å². The molecule has 0 bridgehead atoms. The largest absolute Gasteiger partial charge is 0.545 e. The first-order chi connectivity index (χ1) is 7.13. The summed E-state index contributed by atoms with van der Waals surface area (Å²) in [7, 11) is 4.27. The molecule has 0 aliphatic carbocycles. The van der Waals surface area contributed by atoms with Crippen molar-refractivity contribution in [2.75, 3.05) is 21.3 Å². The van der Waals surface area contributed by atoms with E-state index in [0.717, 1.165) is 0 Å². The summed E-state index contributed by atoms with van der Waals surface area (Å²) in [5.41, 5.74) is -0.0236. The standard InChI is InChI=1S/C10H12O5.CH3/c1-13-7-4-6(10(11)12)5-8(14-2)9(7)15-3;/h4-5H,1-3H3,(H,11,12);1H3/q;+1/p-1. The maximum Gasteiger partial charge on any atom is 0.203 e. The molecular weight excluding hydrogens is 212 g/mol. The minimum absolute atomic E-state index is 0. The molecule has 1 rings (SSSR count). The van der Waals surface area contributed by atoms with E-state index >= 15 is 0 Å². The molecule has 16 heavy (non-hydrogen) atoms. The van der Waals surface area contributed by atoms with E-state index in [9.17, 15) is 9.90 Å². The zero-order valence-electron chi connectivity index (χ0n) is 9.70. The summed E-state index contributed by atoms with van der Waals surface area (Å²) in [6.07, 6.45) is 0. The molecule has 0 fully saturated rings. The SMILES string of the molecule is COc1cc(C(=O)[O-])cc(OC)c1OC.[CH3+]. The lowest BCUT2D eigenvalue weighted by molar-refractivity contribution is -0.255. The summed E-state index contributed by atoms with van der Waals surface area (Å²) in [6.45, 7) is 0. The molecule has 0 unspecified atom stereocenters. The van der Waals surface area contributed by atoms with E-state index in [2.05, 4.69) is 0 Å². The van der Waals surface area contributed by atoms with E-state index in [1.165, 1.54) is 33.5 Å². The molecule has 0 amide bonds. The van der Waals surface area contributed by atoms with Crippen LogP contribution in [0.2, 0.25) is 0 Å². The van der Waals surface area contributed by atoms with Gasteiger partial charge >= 0.3 is 0 Å². The van der Waals surface area contributed by atoms with Crippen molar-refractivity contribution in [3.8, 4) is 17.2 Å². The Morgan fingerprint density at radius 2 is 1.50 bits per heavy atom. The molecule has 0 spiro atoms. The maximum atomic E-state index is 10.7. The minimum Gasteiger partial charge on any atom is -0.545 e. The lowest BCUT2D eigenvalue weighted by Gasteiger charge is -2.14. The van der Waals surface area contributed by atoms with E-state index in [-0.39, 0.29) is 24.5 Å². The number of hydrogen-bond acceptors (Lipinski definition) is 5. The van der Waals surface area contributed by atoms with Gasteiger partial charge in [0.15, 0.2) is 11.5 Å². The third-order valence-corrected chi connectivity index (χ3v) is 1.90. The van der Waals surface area contributed by atoms with Gasteiger partial charge in [-0.1, -0.05) is 0 Å². The average molecular weight is 226 g/mol. The number of aromatic carboxylic acids is 1. The molecule has 0 N–H and O–H groups in total. The summed E-state index contributed by atoms with van der Waals surface area (Å²) in [6, 6.07) is 2.63. The number of rotatable bonds is 4. The van der Waals surface area contributed by atoms with Crippen molar-refractivity contribution in [2.24, 2.45) is 0 Å². The van der Waals surface area contributed by atoms with Crippen LogP contribution < -0.4 is 19.3 Å². The fourth-order valence-corrected chi connectivity index (χ4v) is 1.20. The van der Waals surface area contributed by atoms with Gasteiger partial charge in [0.1, 0.15) is 0 Å². The molecule has 1 aromatic carbocycles. The van der Waals surface area contributed by atoms with Crippen LogP contribution in [0.15, 0.2) is 12.1 Å². The Labute approximate surface area is 94.6 Å². The molecule has 0 radical (unpaired) electrons. The third kappa shape index (κ3) is 2.50. The number of hydrogen-bond donors (Lipinski definition) is 0. The second-order valence-electron chi connectivity index (χ2n) is 2.70. The molecule has 0 aromatic heterocycles. The van der Waals surface area contributed by atoms with Gasteiger partial charge in [0.2, 0.25) is 5.75 Å². The quantitative estimate of drug-likeness (QED) is 0.700. The van der Waals surface area contributed by atoms with E-state index in [4.69, 9.17) is 14.2 Å². The lowest BCUT2D eigenvalue weighted by atomic mass is 10.2. The van der Waals surface area contributed by atoms with Gasteiger partial charge in [0.05, 0.1) is 27.3 Å². The molecule has 0 saturated heterocycles. The van der Waals surface area contributed by atoms with Crippen LogP contribution >= 0.6 is 0 Å². The molecule has 0 heterocycles. The second-order valence-corrected chi connectivity index (χ2v) is 2.70. The third-order valence-electron chi connectivity index (χ3n) is 1.90. The predicted molar refractivity (Wildman–Crippen MR) is 56.8 cm³/mol. The van der Waals surface area contributed by atoms with Gasteiger partial charge in [0.25, 0.3) is 0 Å². The first kappa shape index (κ1) is 14.0.